The third kappa shape index (κ3) is 6.54. The number of benzene rings is 1. The average Bonchev–Trinajstić information content (AvgIpc) is 2.72. The van der Waals surface area contributed by atoms with Gasteiger partial charge in [0.05, 0.1) is 0 Å². The van der Waals surface area contributed by atoms with Crippen LogP contribution in [0.3, 0.4) is 0 Å². The molecular weight excluding hydrogens is 376 g/mol. The smallest absolute Gasteiger partial charge is 0.279 e. The van der Waals surface area contributed by atoms with Crippen LogP contribution >= 0.6 is 0 Å². The second kappa shape index (κ2) is 11.5. The molecule has 1 aromatic rings. The zero-order valence-electron chi connectivity index (χ0n) is 19.8. The molecule has 0 aliphatic carbocycles. The van der Waals surface area contributed by atoms with Crippen LogP contribution in [0.25, 0.3) is 0 Å². The van der Waals surface area contributed by atoms with E-state index in [0.717, 1.165) is 50.3 Å². The number of amides is 2. The van der Waals surface area contributed by atoms with E-state index in [9.17, 15) is 9.59 Å². The number of piperazine rings is 1. The minimum atomic E-state index is 0.0675. The number of nitrogens with zero attached hydrogens (tertiary/aromatic N) is 1. The molecule has 0 unspecified atom stereocenters. The highest BCUT2D eigenvalue weighted by molar-refractivity contribution is 5.92. The Balaban J connectivity index is 1.82. The van der Waals surface area contributed by atoms with Gasteiger partial charge in [-0.3, -0.25) is 9.59 Å². The summed E-state index contributed by atoms with van der Waals surface area (Å²) in [7, 11) is 0. The van der Waals surface area contributed by atoms with Crippen molar-refractivity contribution in [3.05, 3.63) is 29.3 Å². The first-order chi connectivity index (χ1) is 14.3. The Morgan fingerprint density at radius 1 is 0.967 bits per heavy atom. The van der Waals surface area contributed by atoms with E-state index < -0.39 is 0 Å². The van der Waals surface area contributed by atoms with Crippen molar-refractivity contribution in [1.82, 2.24) is 4.90 Å². The first-order valence-electron chi connectivity index (χ1n) is 11.6. The summed E-state index contributed by atoms with van der Waals surface area (Å²) in [6.45, 7) is 17.5. The molecule has 1 aromatic carbocycles. The van der Waals surface area contributed by atoms with E-state index in [2.05, 4.69) is 50.9 Å². The zero-order chi connectivity index (χ0) is 22.3. The van der Waals surface area contributed by atoms with Gasteiger partial charge >= 0.3 is 0 Å². The van der Waals surface area contributed by atoms with Crippen LogP contribution in [-0.2, 0) is 9.59 Å². The van der Waals surface area contributed by atoms with Gasteiger partial charge in [0.25, 0.3) is 11.8 Å². The van der Waals surface area contributed by atoms with Crippen LogP contribution in [0, 0.1) is 13.8 Å². The zero-order valence-corrected chi connectivity index (χ0v) is 19.8. The summed E-state index contributed by atoms with van der Waals surface area (Å²) < 4.78 is 0. The molecule has 1 aliphatic rings. The molecular formula is C24H42N4O2+2. The standard InChI is InChI=1S/C24H40N4O2/c1-7-19(4)28(20(5)8-2)24(30)17-27-14-12-26(13-15-27)16-23(29)25-22-11-9-10-18(3)21(22)6/h9-11,19-20H,7-8,12-17H2,1-6H3,(H,25,29)/p+2/t19-,20-/m1/s1. The Kier molecular flexibility index (Phi) is 9.31. The number of nitrogens with one attached hydrogen (secondary N) is 3. The number of hydrogen-bond acceptors (Lipinski definition) is 2. The van der Waals surface area contributed by atoms with Crippen molar-refractivity contribution in [1.29, 1.82) is 0 Å². The Morgan fingerprint density at radius 2 is 1.50 bits per heavy atom. The Hall–Kier alpha value is -1.92. The first kappa shape index (κ1) is 24.4. The molecule has 2 atom stereocenters. The quantitative estimate of drug-likeness (QED) is 0.545. The topological polar surface area (TPSA) is 58.3 Å². The molecule has 168 valence electrons. The largest absolute Gasteiger partial charge is 0.332 e. The molecule has 0 radical (unpaired) electrons. The van der Waals surface area contributed by atoms with Gasteiger partial charge in [-0.2, -0.15) is 0 Å². The molecule has 6 nitrogen and oxygen atoms in total. The van der Waals surface area contributed by atoms with E-state index >= 15 is 0 Å². The fourth-order valence-electron chi connectivity index (χ4n) is 4.24. The van der Waals surface area contributed by atoms with E-state index in [1.54, 1.807) is 0 Å². The third-order valence-electron chi connectivity index (χ3n) is 6.77. The molecule has 1 aliphatic heterocycles. The molecule has 6 heteroatoms. The molecule has 1 saturated heterocycles. The summed E-state index contributed by atoms with van der Waals surface area (Å²) in [6, 6.07) is 6.57. The second-order valence-electron chi connectivity index (χ2n) is 8.96. The predicted molar refractivity (Wildman–Crippen MR) is 122 cm³/mol. The number of anilines is 1. The maximum absolute atomic E-state index is 13.0. The van der Waals surface area contributed by atoms with Crippen molar-refractivity contribution in [3.63, 3.8) is 0 Å². The lowest BCUT2D eigenvalue weighted by Gasteiger charge is -2.36. The van der Waals surface area contributed by atoms with Crippen molar-refractivity contribution in [3.8, 4) is 0 Å². The Bertz CT molecular complexity index is 703. The normalized spacial score (nSPS) is 21.0. The lowest BCUT2D eigenvalue weighted by atomic mass is 10.1. The summed E-state index contributed by atoms with van der Waals surface area (Å²) in [6.07, 6.45) is 1.97. The highest BCUT2D eigenvalue weighted by Gasteiger charge is 2.30. The van der Waals surface area contributed by atoms with Gasteiger partial charge in [-0.15, -0.1) is 0 Å². The van der Waals surface area contributed by atoms with Crippen LogP contribution in [0.5, 0.6) is 0 Å². The first-order valence-corrected chi connectivity index (χ1v) is 11.6. The summed E-state index contributed by atoms with van der Waals surface area (Å²) >= 11 is 0. The van der Waals surface area contributed by atoms with Crippen LogP contribution in [0.4, 0.5) is 5.69 Å². The number of hydrogen-bond donors (Lipinski definition) is 3. The van der Waals surface area contributed by atoms with E-state index in [1.807, 2.05) is 19.1 Å². The fourth-order valence-corrected chi connectivity index (χ4v) is 4.24. The lowest BCUT2D eigenvalue weighted by Crippen LogP contribution is -3.28. The summed E-state index contributed by atoms with van der Waals surface area (Å²) in [4.78, 5) is 30.2. The Morgan fingerprint density at radius 3 is 2.03 bits per heavy atom. The third-order valence-corrected chi connectivity index (χ3v) is 6.77. The van der Waals surface area contributed by atoms with Gasteiger partial charge < -0.3 is 20.0 Å². The monoisotopic (exact) mass is 418 g/mol. The van der Waals surface area contributed by atoms with Crippen molar-refractivity contribution in [2.75, 3.05) is 44.6 Å². The van der Waals surface area contributed by atoms with Gasteiger partial charge in [-0.05, 0) is 57.7 Å². The van der Waals surface area contributed by atoms with Crippen LogP contribution in [0.15, 0.2) is 18.2 Å². The summed E-state index contributed by atoms with van der Waals surface area (Å²) in [5, 5.41) is 3.07. The van der Waals surface area contributed by atoms with Gasteiger partial charge in [0.1, 0.15) is 26.2 Å². The van der Waals surface area contributed by atoms with Crippen LogP contribution in [-0.4, -0.2) is 68.1 Å². The highest BCUT2D eigenvalue weighted by Crippen LogP contribution is 2.17. The van der Waals surface area contributed by atoms with E-state index in [0.29, 0.717) is 13.1 Å². The molecule has 0 spiro atoms. The number of quaternary nitrogens is 2. The van der Waals surface area contributed by atoms with Crippen LogP contribution in [0.2, 0.25) is 0 Å². The molecule has 0 bridgehead atoms. The summed E-state index contributed by atoms with van der Waals surface area (Å²) in [5.41, 5.74) is 3.22. The Labute approximate surface area is 182 Å². The van der Waals surface area contributed by atoms with Crippen molar-refractivity contribution >= 4 is 17.5 Å². The number of carbonyl (C=O) groups excluding carboxylic acids is 2. The van der Waals surface area contributed by atoms with Gasteiger partial charge in [0, 0.05) is 17.8 Å². The van der Waals surface area contributed by atoms with Gasteiger partial charge in [0.15, 0.2) is 13.1 Å². The molecule has 1 heterocycles. The van der Waals surface area contributed by atoms with Gasteiger partial charge in [-0.25, -0.2) is 0 Å². The maximum Gasteiger partial charge on any atom is 0.279 e. The molecule has 0 saturated carbocycles. The molecule has 3 N–H and O–H groups in total. The maximum atomic E-state index is 13.0. The van der Waals surface area contributed by atoms with Crippen molar-refractivity contribution in [2.24, 2.45) is 0 Å². The number of carbonyl (C=O) groups is 2. The molecule has 30 heavy (non-hydrogen) atoms. The number of aryl methyl sites for hydroxylation is 1. The SMILES string of the molecule is CC[C@@H](C)N(C(=O)C[NH+]1CC[NH+](CC(=O)Nc2cccc(C)c2C)CC1)[C@H](C)CC. The van der Waals surface area contributed by atoms with Gasteiger partial charge in [-0.1, -0.05) is 26.0 Å². The van der Waals surface area contributed by atoms with Gasteiger partial charge in [0.2, 0.25) is 0 Å². The lowest BCUT2D eigenvalue weighted by molar-refractivity contribution is -1.00. The van der Waals surface area contributed by atoms with E-state index in [-0.39, 0.29) is 23.9 Å². The molecule has 1 fully saturated rings. The van der Waals surface area contributed by atoms with Crippen LogP contribution in [0.1, 0.15) is 51.7 Å². The highest BCUT2D eigenvalue weighted by atomic mass is 16.2. The second-order valence-corrected chi connectivity index (χ2v) is 8.96. The van der Waals surface area contributed by atoms with E-state index in [1.165, 1.54) is 15.4 Å². The molecule has 2 amide bonds. The van der Waals surface area contributed by atoms with Crippen molar-refractivity contribution < 1.29 is 19.4 Å². The van der Waals surface area contributed by atoms with Crippen LogP contribution < -0.4 is 15.1 Å². The minimum Gasteiger partial charge on any atom is -0.332 e. The average molecular weight is 419 g/mol. The molecule has 0 aromatic heterocycles. The predicted octanol–water partition coefficient (Wildman–Crippen LogP) is 0.451. The minimum absolute atomic E-state index is 0.0675. The van der Waals surface area contributed by atoms with E-state index in [4.69, 9.17) is 0 Å². The number of rotatable bonds is 9. The molecule has 2 rings (SSSR count). The van der Waals surface area contributed by atoms with Crippen molar-refractivity contribution in [2.45, 2.75) is 66.5 Å². The fraction of sp³-hybridized carbons (Fsp3) is 0.667. The summed E-state index contributed by atoms with van der Waals surface area (Å²) in [5.74, 6) is 0.336.